The molecule has 1 unspecified atom stereocenters. The minimum absolute atomic E-state index is 0.00188. The van der Waals surface area contributed by atoms with Crippen LogP contribution in [0.4, 0.5) is 17.5 Å². The third-order valence-corrected chi connectivity index (χ3v) is 5.79. The van der Waals surface area contributed by atoms with Gasteiger partial charge in [0.2, 0.25) is 11.9 Å². The van der Waals surface area contributed by atoms with Crippen LogP contribution in [-0.4, -0.2) is 44.8 Å². The Labute approximate surface area is 169 Å². The number of amides is 1. The van der Waals surface area contributed by atoms with E-state index in [-0.39, 0.29) is 17.9 Å². The number of anilines is 3. The molecule has 1 fully saturated rings. The number of nitrogens with zero attached hydrogens (tertiary/aromatic N) is 5. The highest BCUT2D eigenvalue weighted by atomic mass is 35.5. The normalized spacial score (nSPS) is 24.0. The fourth-order valence-electron chi connectivity index (χ4n) is 4.17. The molecular weight excluding hydrogens is 378 g/mol. The Kier molecular flexibility index (Phi) is 4.91. The number of fused-ring (bicyclic) bond motifs is 1. The van der Waals surface area contributed by atoms with E-state index >= 15 is 0 Å². The zero-order valence-corrected chi connectivity index (χ0v) is 17.4. The van der Waals surface area contributed by atoms with Gasteiger partial charge in [0.25, 0.3) is 0 Å². The first-order valence-electron chi connectivity index (χ1n) is 9.69. The lowest BCUT2D eigenvalue weighted by Gasteiger charge is -2.38. The smallest absolute Gasteiger partial charge is 0.247 e. The van der Waals surface area contributed by atoms with Crippen molar-refractivity contribution in [3.05, 3.63) is 23.1 Å². The first kappa shape index (κ1) is 19.0. The summed E-state index contributed by atoms with van der Waals surface area (Å²) < 4.78 is 1.90. The second kappa shape index (κ2) is 7.24. The summed E-state index contributed by atoms with van der Waals surface area (Å²) in [5, 5.41) is 11.2. The predicted octanol–water partition coefficient (Wildman–Crippen LogP) is 2.94. The molecule has 1 amide bonds. The zero-order valence-electron chi connectivity index (χ0n) is 16.6. The molecule has 1 aliphatic carbocycles. The minimum Gasteiger partial charge on any atom is -0.351 e. The number of hydrogen-bond acceptors (Lipinski definition) is 6. The van der Waals surface area contributed by atoms with Crippen molar-refractivity contribution < 1.29 is 4.79 Å². The van der Waals surface area contributed by atoms with Gasteiger partial charge >= 0.3 is 0 Å². The predicted molar refractivity (Wildman–Crippen MR) is 110 cm³/mol. The number of rotatable bonds is 5. The molecule has 0 radical (unpaired) electrons. The Balaban J connectivity index is 1.43. The van der Waals surface area contributed by atoms with E-state index in [1.807, 2.05) is 43.6 Å². The van der Waals surface area contributed by atoms with E-state index in [0.717, 1.165) is 30.9 Å². The molecular formula is C19H26ClN7O. The van der Waals surface area contributed by atoms with Gasteiger partial charge in [-0.2, -0.15) is 10.1 Å². The van der Waals surface area contributed by atoms with Crippen molar-refractivity contribution >= 4 is 35.0 Å². The Bertz CT molecular complexity index is 890. The van der Waals surface area contributed by atoms with Gasteiger partial charge in [0.15, 0.2) is 11.0 Å². The summed E-state index contributed by atoms with van der Waals surface area (Å²) in [5.74, 6) is 2.15. The van der Waals surface area contributed by atoms with Crippen LogP contribution < -0.4 is 15.5 Å². The Hall–Kier alpha value is -2.35. The average molecular weight is 404 g/mol. The van der Waals surface area contributed by atoms with Crippen molar-refractivity contribution in [1.82, 2.24) is 19.7 Å². The molecule has 1 atom stereocenters. The number of carbonyl (C=O) groups excluding carboxylic acids is 1. The number of carbonyl (C=O) groups is 1. The van der Waals surface area contributed by atoms with Gasteiger partial charge in [-0.15, -0.1) is 0 Å². The van der Waals surface area contributed by atoms with Gasteiger partial charge in [0.05, 0.1) is 5.69 Å². The van der Waals surface area contributed by atoms with Crippen LogP contribution in [0.25, 0.3) is 0 Å². The van der Waals surface area contributed by atoms with Crippen LogP contribution in [0.3, 0.4) is 0 Å². The van der Waals surface area contributed by atoms with Gasteiger partial charge in [0.1, 0.15) is 11.7 Å². The second-order valence-corrected chi connectivity index (χ2v) is 8.55. The number of halogens is 1. The van der Waals surface area contributed by atoms with Crippen LogP contribution in [-0.2, 0) is 11.3 Å². The lowest BCUT2D eigenvalue weighted by Crippen LogP contribution is -2.50. The summed E-state index contributed by atoms with van der Waals surface area (Å²) in [6.45, 7) is 6.86. The van der Waals surface area contributed by atoms with Crippen LogP contribution in [0.5, 0.6) is 0 Å². The number of likely N-dealkylation sites (N-methyl/N-ethyl adjacent to an activating group) is 1. The van der Waals surface area contributed by atoms with Gasteiger partial charge < -0.3 is 15.5 Å². The molecule has 9 heteroatoms. The number of aryl methyl sites for hydroxylation is 1. The molecule has 2 aromatic rings. The van der Waals surface area contributed by atoms with E-state index in [1.54, 1.807) is 6.07 Å². The Morgan fingerprint density at radius 1 is 1.36 bits per heavy atom. The molecule has 3 heterocycles. The quantitative estimate of drug-likeness (QED) is 0.798. The van der Waals surface area contributed by atoms with Crippen molar-refractivity contribution in [2.24, 2.45) is 11.8 Å². The maximum absolute atomic E-state index is 12.4. The van der Waals surface area contributed by atoms with E-state index in [1.165, 1.54) is 0 Å². The van der Waals surface area contributed by atoms with Crippen LogP contribution in [0, 0.1) is 18.8 Å². The zero-order chi connectivity index (χ0) is 20.0. The fraction of sp³-hybridized carbons (Fsp3) is 0.579. The maximum atomic E-state index is 12.4. The summed E-state index contributed by atoms with van der Waals surface area (Å²) in [6.07, 6.45) is 3.99. The number of nitrogens with one attached hydrogen (secondary N) is 2. The molecule has 8 nitrogen and oxygen atoms in total. The third kappa shape index (κ3) is 3.53. The van der Waals surface area contributed by atoms with Crippen molar-refractivity contribution in [3.8, 4) is 0 Å². The van der Waals surface area contributed by atoms with Crippen molar-refractivity contribution in [3.63, 3.8) is 0 Å². The summed E-state index contributed by atoms with van der Waals surface area (Å²) in [7, 11) is 1.92. The Morgan fingerprint density at radius 3 is 2.75 bits per heavy atom. The molecule has 1 aliphatic heterocycles. The lowest BCUT2D eigenvalue weighted by atomic mass is 9.80. The minimum atomic E-state index is -0.233. The third-order valence-electron chi connectivity index (χ3n) is 5.59. The van der Waals surface area contributed by atoms with Crippen molar-refractivity contribution in [2.75, 3.05) is 22.6 Å². The molecule has 0 spiro atoms. The molecule has 150 valence electrons. The van der Waals surface area contributed by atoms with E-state index < -0.39 is 0 Å². The van der Waals surface area contributed by atoms with Crippen molar-refractivity contribution in [1.29, 1.82) is 0 Å². The first-order chi connectivity index (χ1) is 13.3. The maximum Gasteiger partial charge on any atom is 0.247 e. The largest absolute Gasteiger partial charge is 0.351 e. The van der Waals surface area contributed by atoms with E-state index in [0.29, 0.717) is 28.7 Å². The molecule has 2 N–H and O–H groups in total. The summed E-state index contributed by atoms with van der Waals surface area (Å²) in [6, 6.07) is 1.92. The highest BCUT2D eigenvalue weighted by Crippen LogP contribution is 2.36. The van der Waals surface area contributed by atoms with Gasteiger partial charge in [-0.05, 0) is 37.7 Å². The first-order valence-corrected chi connectivity index (χ1v) is 10.1. The van der Waals surface area contributed by atoms with Crippen LogP contribution >= 0.6 is 11.6 Å². The van der Waals surface area contributed by atoms with E-state index in [2.05, 4.69) is 20.7 Å². The standard InChI is InChI=1S/C19H26ClN7O/c1-10(2)16-18(28)23-15-11(3)21-19(24-17(15)26(16)4)22-13-7-12(8-13)9-27-6-5-14(20)25-27/h5-6,10,12-13,16H,7-9H2,1-4H3,(H,23,28)(H,21,22,24)/t12-,13+,16?. The van der Waals surface area contributed by atoms with Crippen LogP contribution in [0.15, 0.2) is 12.3 Å². The summed E-state index contributed by atoms with van der Waals surface area (Å²) in [4.78, 5) is 23.7. The lowest BCUT2D eigenvalue weighted by molar-refractivity contribution is -0.118. The fourth-order valence-corrected chi connectivity index (χ4v) is 4.32. The molecule has 1 saturated carbocycles. The molecule has 2 aliphatic rings. The summed E-state index contributed by atoms with van der Waals surface area (Å²) >= 11 is 5.87. The van der Waals surface area contributed by atoms with E-state index in [4.69, 9.17) is 16.6 Å². The van der Waals surface area contributed by atoms with Crippen molar-refractivity contribution in [2.45, 2.75) is 52.2 Å². The van der Waals surface area contributed by atoms with Gasteiger partial charge in [-0.3, -0.25) is 9.48 Å². The summed E-state index contributed by atoms with van der Waals surface area (Å²) in [5.41, 5.74) is 1.48. The number of aromatic nitrogens is 4. The molecule has 4 rings (SSSR count). The van der Waals surface area contributed by atoms with Crippen LogP contribution in [0.1, 0.15) is 32.4 Å². The molecule has 28 heavy (non-hydrogen) atoms. The molecule has 0 saturated heterocycles. The Morgan fingerprint density at radius 2 is 2.11 bits per heavy atom. The topological polar surface area (TPSA) is 88.0 Å². The van der Waals surface area contributed by atoms with Gasteiger partial charge in [-0.25, -0.2) is 4.98 Å². The SMILES string of the molecule is Cc1nc(N[C@H]2C[C@@H](Cn3ccc(Cl)n3)C2)nc2c1NC(=O)C(C(C)C)N2C. The monoisotopic (exact) mass is 403 g/mol. The molecule has 0 aromatic carbocycles. The molecule has 0 bridgehead atoms. The van der Waals surface area contributed by atoms with Gasteiger partial charge in [-0.1, -0.05) is 25.4 Å². The molecule has 2 aromatic heterocycles. The highest BCUT2D eigenvalue weighted by Gasteiger charge is 2.36. The van der Waals surface area contributed by atoms with Crippen LogP contribution in [0.2, 0.25) is 5.15 Å². The van der Waals surface area contributed by atoms with Gasteiger partial charge in [0, 0.05) is 25.8 Å². The highest BCUT2D eigenvalue weighted by molar-refractivity contribution is 6.29. The van der Waals surface area contributed by atoms with E-state index in [9.17, 15) is 4.79 Å². The number of hydrogen-bond donors (Lipinski definition) is 2. The average Bonchev–Trinajstić information content (AvgIpc) is 2.99. The second-order valence-electron chi connectivity index (χ2n) is 8.16.